The van der Waals surface area contributed by atoms with Gasteiger partial charge in [0.2, 0.25) is 5.91 Å². The summed E-state index contributed by atoms with van der Waals surface area (Å²) in [6.07, 6.45) is 1.12. The molecule has 7 nitrogen and oxygen atoms in total. The third-order valence-electron chi connectivity index (χ3n) is 4.00. The first-order valence-corrected chi connectivity index (χ1v) is 7.52. The van der Waals surface area contributed by atoms with Crippen molar-refractivity contribution in [2.75, 3.05) is 31.1 Å². The summed E-state index contributed by atoms with van der Waals surface area (Å²) >= 11 is 0. The molecule has 3 heterocycles. The minimum atomic E-state index is -0.0366. The van der Waals surface area contributed by atoms with Gasteiger partial charge in [0, 0.05) is 44.6 Å². The molecule has 0 spiro atoms. The van der Waals surface area contributed by atoms with Crippen LogP contribution in [-0.4, -0.2) is 42.8 Å². The Hall–Kier alpha value is -2.41. The molecule has 2 N–H and O–H groups in total. The number of hydrogen-bond acceptors (Lipinski definition) is 6. The first-order valence-electron chi connectivity index (χ1n) is 7.52. The smallest absolute Gasteiger partial charge is 0.298 e. The summed E-state index contributed by atoms with van der Waals surface area (Å²) in [5.74, 6) is -0.0366. The third kappa shape index (κ3) is 2.43. The summed E-state index contributed by atoms with van der Waals surface area (Å²) in [5, 5.41) is 7.43. The highest BCUT2D eigenvalue weighted by Crippen LogP contribution is 2.24. The van der Waals surface area contributed by atoms with E-state index in [1.807, 2.05) is 18.2 Å². The lowest BCUT2D eigenvalue weighted by atomic mass is 10.0. The predicted octanol–water partition coefficient (Wildman–Crippen LogP) is 0.851. The zero-order chi connectivity index (χ0) is 14.9. The number of hydrazone groups is 1. The Morgan fingerprint density at radius 2 is 2.05 bits per heavy atom. The van der Waals surface area contributed by atoms with Gasteiger partial charge in [0.1, 0.15) is 5.52 Å². The summed E-state index contributed by atoms with van der Waals surface area (Å²) < 4.78 is 5.90. The number of rotatable bonds is 2. The van der Waals surface area contributed by atoms with Gasteiger partial charge in [-0.2, -0.15) is 10.1 Å². The number of anilines is 1. The monoisotopic (exact) mass is 299 g/mol. The zero-order valence-corrected chi connectivity index (χ0v) is 12.1. The summed E-state index contributed by atoms with van der Waals surface area (Å²) in [7, 11) is 0. The van der Waals surface area contributed by atoms with Crippen LogP contribution in [0.25, 0.3) is 11.1 Å². The average Bonchev–Trinajstić information content (AvgIpc) is 2.99. The second kappa shape index (κ2) is 5.42. The number of carbonyl (C=O) groups is 1. The summed E-state index contributed by atoms with van der Waals surface area (Å²) in [6.45, 7) is 3.69. The zero-order valence-electron chi connectivity index (χ0n) is 12.1. The Balaban J connectivity index is 1.64. The van der Waals surface area contributed by atoms with E-state index < -0.39 is 0 Å². The molecule has 1 amide bonds. The van der Waals surface area contributed by atoms with Crippen LogP contribution in [0.4, 0.5) is 6.01 Å². The third-order valence-corrected chi connectivity index (χ3v) is 4.00. The average molecular weight is 299 g/mol. The molecule has 7 heteroatoms. The van der Waals surface area contributed by atoms with Crippen LogP contribution in [0.3, 0.4) is 0 Å². The number of benzene rings is 1. The number of nitrogens with one attached hydrogen (secondary N) is 2. The van der Waals surface area contributed by atoms with Crippen molar-refractivity contribution in [2.45, 2.75) is 12.8 Å². The van der Waals surface area contributed by atoms with Crippen molar-refractivity contribution in [1.82, 2.24) is 15.7 Å². The van der Waals surface area contributed by atoms with Crippen molar-refractivity contribution in [1.29, 1.82) is 0 Å². The summed E-state index contributed by atoms with van der Waals surface area (Å²) in [6, 6.07) is 6.54. The summed E-state index contributed by atoms with van der Waals surface area (Å²) in [5.41, 5.74) is 5.97. The second-order valence-electron chi connectivity index (χ2n) is 5.51. The lowest BCUT2D eigenvalue weighted by Gasteiger charge is -2.25. The SMILES string of the molecule is O=C1CCC(c2ccc3nc(N4CCNCC4)oc3c2)=NN1. The molecule has 1 saturated heterocycles. The van der Waals surface area contributed by atoms with Gasteiger partial charge in [-0.25, -0.2) is 5.43 Å². The largest absolute Gasteiger partial charge is 0.423 e. The molecule has 22 heavy (non-hydrogen) atoms. The van der Waals surface area contributed by atoms with E-state index in [1.165, 1.54) is 0 Å². The topological polar surface area (TPSA) is 82.8 Å². The normalized spacial score (nSPS) is 19.2. The van der Waals surface area contributed by atoms with E-state index in [4.69, 9.17) is 4.42 Å². The second-order valence-corrected chi connectivity index (χ2v) is 5.51. The van der Waals surface area contributed by atoms with Crippen molar-refractivity contribution in [2.24, 2.45) is 5.10 Å². The van der Waals surface area contributed by atoms with E-state index >= 15 is 0 Å². The van der Waals surface area contributed by atoms with Crippen molar-refractivity contribution in [3.8, 4) is 0 Å². The van der Waals surface area contributed by atoms with E-state index in [1.54, 1.807) is 0 Å². The molecule has 1 fully saturated rings. The molecule has 1 aromatic heterocycles. The van der Waals surface area contributed by atoms with E-state index in [-0.39, 0.29) is 5.91 Å². The van der Waals surface area contributed by atoms with Gasteiger partial charge in [-0.05, 0) is 12.1 Å². The fourth-order valence-corrected chi connectivity index (χ4v) is 2.77. The first kappa shape index (κ1) is 13.3. The van der Waals surface area contributed by atoms with Gasteiger partial charge < -0.3 is 14.6 Å². The molecular formula is C15H17N5O2. The molecule has 2 aliphatic rings. The van der Waals surface area contributed by atoms with Gasteiger partial charge in [-0.15, -0.1) is 0 Å². The van der Waals surface area contributed by atoms with E-state index in [2.05, 4.69) is 25.7 Å². The molecule has 0 radical (unpaired) electrons. The van der Waals surface area contributed by atoms with E-state index in [0.717, 1.165) is 48.6 Å². The quantitative estimate of drug-likeness (QED) is 0.859. The minimum Gasteiger partial charge on any atom is -0.423 e. The molecule has 0 aliphatic carbocycles. The van der Waals surface area contributed by atoms with E-state index in [0.29, 0.717) is 18.9 Å². The van der Waals surface area contributed by atoms with Gasteiger partial charge in [0.05, 0.1) is 5.71 Å². The number of nitrogens with zero attached hydrogens (tertiary/aromatic N) is 3. The first-order chi connectivity index (χ1) is 10.8. The number of fused-ring (bicyclic) bond motifs is 1. The summed E-state index contributed by atoms with van der Waals surface area (Å²) in [4.78, 5) is 17.9. The molecular weight excluding hydrogens is 282 g/mol. The molecule has 114 valence electrons. The highest BCUT2D eigenvalue weighted by Gasteiger charge is 2.18. The molecule has 0 saturated carbocycles. The number of hydrogen-bond donors (Lipinski definition) is 2. The van der Waals surface area contributed by atoms with Crippen molar-refractivity contribution >= 4 is 28.7 Å². The van der Waals surface area contributed by atoms with Gasteiger partial charge in [-0.3, -0.25) is 4.79 Å². The van der Waals surface area contributed by atoms with Crippen LogP contribution in [0.5, 0.6) is 0 Å². The maximum Gasteiger partial charge on any atom is 0.298 e. The van der Waals surface area contributed by atoms with Gasteiger partial charge in [0.15, 0.2) is 5.58 Å². The lowest BCUT2D eigenvalue weighted by Crippen LogP contribution is -2.43. The van der Waals surface area contributed by atoms with Crippen molar-refractivity contribution in [3.05, 3.63) is 23.8 Å². The van der Waals surface area contributed by atoms with Gasteiger partial charge in [0.25, 0.3) is 6.01 Å². The van der Waals surface area contributed by atoms with Crippen LogP contribution in [0.2, 0.25) is 0 Å². The Morgan fingerprint density at radius 1 is 1.18 bits per heavy atom. The minimum absolute atomic E-state index is 0.0366. The van der Waals surface area contributed by atoms with Crippen LogP contribution in [0.1, 0.15) is 18.4 Å². The number of piperazine rings is 1. The van der Waals surface area contributed by atoms with Crippen LogP contribution in [0.15, 0.2) is 27.7 Å². The molecule has 0 unspecified atom stereocenters. The van der Waals surface area contributed by atoms with Gasteiger partial charge in [-0.1, -0.05) is 6.07 Å². The van der Waals surface area contributed by atoms with Crippen LogP contribution in [-0.2, 0) is 4.79 Å². The maximum atomic E-state index is 11.2. The molecule has 4 rings (SSSR count). The molecule has 2 aromatic rings. The van der Waals surface area contributed by atoms with E-state index in [9.17, 15) is 4.79 Å². The molecule has 0 bridgehead atoms. The van der Waals surface area contributed by atoms with Crippen molar-refractivity contribution in [3.63, 3.8) is 0 Å². The molecule has 2 aliphatic heterocycles. The predicted molar refractivity (Wildman–Crippen MR) is 83.0 cm³/mol. The maximum absolute atomic E-state index is 11.2. The number of amides is 1. The van der Waals surface area contributed by atoms with Crippen LogP contribution < -0.4 is 15.6 Å². The van der Waals surface area contributed by atoms with Crippen LogP contribution >= 0.6 is 0 Å². The Kier molecular flexibility index (Phi) is 3.27. The highest BCUT2D eigenvalue weighted by molar-refractivity contribution is 6.05. The number of oxazole rings is 1. The van der Waals surface area contributed by atoms with Gasteiger partial charge >= 0.3 is 0 Å². The standard InChI is InChI=1S/C15H17N5O2/c21-14-4-3-11(18-19-14)10-1-2-12-13(9-10)22-15(17-12)20-7-5-16-6-8-20/h1-2,9,16H,3-8H2,(H,19,21). The van der Waals surface area contributed by atoms with Crippen LogP contribution in [0, 0.1) is 0 Å². The lowest BCUT2D eigenvalue weighted by molar-refractivity contribution is -0.121. The Bertz CT molecular complexity index is 745. The highest BCUT2D eigenvalue weighted by atomic mass is 16.4. The number of carbonyl (C=O) groups excluding carboxylic acids is 1. The van der Waals surface area contributed by atoms with Crippen molar-refractivity contribution < 1.29 is 9.21 Å². The fourth-order valence-electron chi connectivity index (χ4n) is 2.77. The fraction of sp³-hybridized carbons (Fsp3) is 0.400. The Morgan fingerprint density at radius 3 is 2.82 bits per heavy atom. The molecule has 1 aromatic carbocycles. The Labute approximate surface area is 127 Å². The molecule has 0 atom stereocenters. The number of aromatic nitrogens is 1.